The van der Waals surface area contributed by atoms with Crippen LogP contribution in [0.2, 0.25) is 0 Å². The number of aromatic nitrogens is 3. The molecule has 2 heterocycles. The highest BCUT2D eigenvalue weighted by molar-refractivity contribution is 7.92. The van der Waals surface area contributed by atoms with Crippen LogP contribution in [0.5, 0.6) is 0 Å². The average Bonchev–Trinajstić information content (AvgIpc) is 3.54. The summed E-state index contributed by atoms with van der Waals surface area (Å²) < 4.78 is 60.3. The number of nitrogens with one attached hydrogen (secondary N) is 1. The lowest BCUT2D eigenvalue weighted by molar-refractivity contribution is 0.483. The lowest BCUT2D eigenvalue weighted by Crippen LogP contribution is -2.27. The summed E-state index contributed by atoms with van der Waals surface area (Å²) >= 11 is 0. The molecule has 0 atom stereocenters. The first-order valence-corrected chi connectivity index (χ1v) is 16.8. The number of fused-ring (bicyclic) bond motifs is 1. The summed E-state index contributed by atoms with van der Waals surface area (Å²) in [5.41, 5.74) is 3.82. The normalized spacial score (nSPS) is 14.4. The number of rotatable bonds is 9. The van der Waals surface area contributed by atoms with E-state index in [-0.39, 0.29) is 16.0 Å². The molecule has 0 saturated heterocycles. The molecule has 5 rings (SSSR count). The van der Waals surface area contributed by atoms with Gasteiger partial charge in [0.05, 0.1) is 21.2 Å². The Kier molecular flexibility index (Phi) is 8.18. The van der Waals surface area contributed by atoms with Gasteiger partial charge in [-0.05, 0) is 80.6 Å². The van der Waals surface area contributed by atoms with Gasteiger partial charge in [-0.25, -0.2) is 18.4 Å². The second-order valence-corrected chi connectivity index (χ2v) is 14.2. The molecule has 0 bridgehead atoms. The first-order chi connectivity index (χ1) is 20.7. The molecule has 12 nitrogen and oxygen atoms in total. The maximum atomic E-state index is 12.9. The van der Waals surface area contributed by atoms with E-state index in [0.717, 1.165) is 42.3 Å². The van der Waals surface area contributed by atoms with Crippen molar-refractivity contribution in [3.05, 3.63) is 78.6 Å². The van der Waals surface area contributed by atoms with Gasteiger partial charge in [-0.1, -0.05) is 26.8 Å². The summed E-state index contributed by atoms with van der Waals surface area (Å²) in [4.78, 5) is 12.6. The van der Waals surface area contributed by atoms with Crippen molar-refractivity contribution in [3.8, 4) is 11.4 Å². The molecule has 1 aliphatic rings. The number of benzene rings is 3. The maximum Gasteiger partial charge on any atom is 0.294 e. The third-order valence-electron chi connectivity index (χ3n) is 6.96. The fourth-order valence-corrected chi connectivity index (χ4v) is 6.36. The molecule has 0 saturated carbocycles. The topological polar surface area (TPSA) is 159 Å². The van der Waals surface area contributed by atoms with Crippen LogP contribution in [0.3, 0.4) is 0 Å². The Morgan fingerprint density at radius 1 is 0.909 bits per heavy atom. The molecule has 4 aromatic rings. The van der Waals surface area contributed by atoms with Gasteiger partial charge >= 0.3 is 0 Å². The molecule has 0 unspecified atom stereocenters. The highest BCUT2D eigenvalue weighted by Gasteiger charge is 2.35. The lowest BCUT2D eigenvalue weighted by atomic mass is 9.87. The van der Waals surface area contributed by atoms with E-state index in [0.29, 0.717) is 22.9 Å². The van der Waals surface area contributed by atoms with Crippen LogP contribution in [0, 0.1) is 5.41 Å². The van der Waals surface area contributed by atoms with Crippen LogP contribution in [0.1, 0.15) is 40.4 Å². The summed E-state index contributed by atoms with van der Waals surface area (Å²) in [6.07, 6.45) is 0. The van der Waals surface area contributed by atoms with E-state index in [2.05, 4.69) is 49.3 Å². The van der Waals surface area contributed by atoms with Gasteiger partial charge in [-0.3, -0.25) is 9.27 Å². The molecule has 44 heavy (non-hydrogen) atoms. The molecule has 0 amide bonds. The standard InChI is InChI=1S/C30H33N7O5S2/c1-6-36(7-2)23-17-15-21(16-18-23)31-26-27(30(3,4)5)33-37-29(26)32-28(34-37)20-11-13-22(14-12-20)35-43(38,39)24-9-8-10-25(19-24)44(40,41)42/h8-19,35H,6-7H2,1-5H3,(H,40,41,42). The number of aliphatic imine (C=N–C) groups is 1. The molecule has 1 aromatic heterocycles. The summed E-state index contributed by atoms with van der Waals surface area (Å²) in [5, 5.41) is 9.28. The van der Waals surface area contributed by atoms with Gasteiger partial charge in [0.25, 0.3) is 20.1 Å². The predicted octanol–water partition coefficient (Wildman–Crippen LogP) is 5.22. The monoisotopic (exact) mass is 635 g/mol. The second-order valence-electron chi connectivity index (χ2n) is 11.1. The molecular weight excluding hydrogens is 603 g/mol. The quantitative estimate of drug-likeness (QED) is 0.237. The van der Waals surface area contributed by atoms with Crippen molar-refractivity contribution in [1.82, 2.24) is 14.9 Å². The number of sulfonamides is 1. The zero-order valence-electron chi connectivity index (χ0n) is 24.9. The van der Waals surface area contributed by atoms with E-state index in [1.165, 1.54) is 16.9 Å². The summed E-state index contributed by atoms with van der Waals surface area (Å²) in [6.45, 7) is 12.2. The summed E-state index contributed by atoms with van der Waals surface area (Å²) in [7, 11) is -8.70. The molecule has 1 aliphatic heterocycles. The van der Waals surface area contributed by atoms with E-state index < -0.39 is 25.0 Å². The van der Waals surface area contributed by atoms with Crippen LogP contribution in [-0.2, 0) is 20.1 Å². The lowest BCUT2D eigenvalue weighted by Gasteiger charge is -2.21. The smallest absolute Gasteiger partial charge is 0.294 e. The number of hydrogen-bond acceptors (Lipinski definition) is 9. The third kappa shape index (κ3) is 6.42. The van der Waals surface area contributed by atoms with Gasteiger partial charge in [0.15, 0.2) is 5.82 Å². The Bertz CT molecular complexity index is 1970. The Balaban J connectivity index is 1.42. The molecule has 0 radical (unpaired) electrons. The molecule has 0 aliphatic carbocycles. The van der Waals surface area contributed by atoms with Crippen molar-refractivity contribution in [3.63, 3.8) is 0 Å². The minimum absolute atomic E-state index is 0.237. The average molecular weight is 636 g/mol. The zero-order valence-corrected chi connectivity index (χ0v) is 26.6. The van der Waals surface area contributed by atoms with Crippen molar-refractivity contribution in [2.75, 3.05) is 22.7 Å². The van der Waals surface area contributed by atoms with Crippen LogP contribution in [0.25, 0.3) is 11.4 Å². The highest BCUT2D eigenvalue weighted by Crippen LogP contribution is 2.30. The molecule has 14 heteroatoms. The largest absolute Gasteiger partial charge is 0.372 e. The van der Waals surface area contributed by atoms with Gasteiger partial charge < -0.3 is 4.90 Å². The number of anilines is 2. The first-order valence-electron chi connectivity index (χ1n) is 13.9. The van der Waals surface area contributed by atoms with Crippen LogP contribution in [0.15, 0.2) is 92.7 Å². The molecule has 2 N–H and O–H groups in total. The van der Waals surface area contributed by atoms with Crippen molar-refractivity contribution in [2.24, 2.45) is 15.5 Å². The van der Waals surface area contributed by atoms with Crippen molar-refractivity contribution in [2.45, 2.75) is 44.4 Å². The molecule has 230 valence electrons. The van der Waals surface area contributed by atoms with Crippen LogP contribution in [-0.4, -0.2) is 60.8 Å². The van der Waals surface area contributed by atoms with Gasteiger partial charge in [-0.2, -0.15) is 13.5 Å². The number of nitrogens with zero attached hydrogens (tertiary/aromatic N) is 6. The number of hydrogen-bond donors (Lipinski definition) is 2. The molecule has 0 spiro atoms. The van der Waals surface area contributed by atoms with Gasteiger partial charge in [-0.15, -0.1) is 9.89 Å². The Hall–Kier alpha value is -4.40. The fraction of sp³-hybridized carbons (Fsp3) is 0.267. The Morgan fingerprint density at radius 3 is 2.14 bits per heavy atom. The second kappa shape index (κ2) is 11.6. The maximum absolute atomic E-state index is 12.9. The van der Waals surface area contributed by atoms with Crippen molar-refractivity contribution < 1.29 is 21.4 Å². The van der Waals surface area contributed by atoms with E-state index in [1.54, 1.807) is 24.3 Å². The van der Waals surface area contributed by atoms with Gasteiger partial charge in [0.1, 0.15) is 5.71 Å². The Morgan fingerprint density at radius 2 is 1.55 bits per heavy atom. The third-order valence-corrected chi connectivity index (χ3v) is 9.19. The zero-order chi connectivity index (χ0) is 31.9. The van der Waals surface area contributed by atoms with E-state index in [9.17, 15) is 21.4 Å². The van der Waals surface area contributed by atoms with E-state index in [4.69, 9.17) is 15.1 Å². The van der Waals surface area contributed by atoms with Crippen LogP contribution >= 0.6 is 0 Å². The highest BCUT2D eigenvalue weighted by atomic mass is 32.2. The SMILES string of the molecule is CCN(CC)c1ccc(N=C2C(C(C)(C)C)=Nn3nc(-c4ccc(NS(=O)(=O)c5cccc(S(=O)(=O)O)c5)cc4)nc32)cc1. The van der Waals surface area contributed by atoms with Gasteiger partial charge in [0.2, 0.25) is 5.82 Å². The predicted molar refractivity (Wildman–Crippen MR) is 171 cm³/mol. The van der Waals surface area contributed by atoms with Crippen molar-refractivity contribution in [1.29, 1.82) is 0 Å². The van der Waals surface area contributed by atoms with E-state index >= 15 is 0 Å². The molecular formula is C30H33N7O5S2. The summed E-state index contributed by atoms with van der Waals surface area (Å²) in [6, 6.07) is 18.9. The minimum Gasteiger partial charge on any atom is -0.372 e. The fourth-order valence-electron chi connectivity index (χ4n) is 4.66. The van der Waals surface area contributed by atoms with Crippen LogP contribution in [0.4, 0.5) is 17.1 Å². The van der Waals surface area contributed by atoms with Crippen molar-refractivity contribution >= 4 is 48.6 Å². The Labute approximate surface area is 257 Å². The van der Waals surface area contributed by atoms with Crippen LogP contribution < -0.4 is 9.62 Å². The van der Waals surface area contributed by atoms with Gasteiger partial charge in [0, 0.05) is 35.4 Å². The summed E-state index contributed by atoms with van der Waals surface area (Å²) in [5.74, 6) is 0.887. The molecule has 3 aromatic carbocycles. The molecule has 0 fully saturated rings. The van der Waals surface area contributed by atoms with E-state index in [1.807, 2.05) is 24.3 Å². The first kappa shape index (κ1) is 31.0. The minimum atomic E-state index is -4.56.